The lowest BCUT2D eigenvalue weighted by Crippen LogP contribution is -2.11. The summed E-state index contributed by atoms with van der Waals surface area (Å²) in [7, 11) is 0. The van der Waals surface area contributed by atoms with E-state index in [-0.39, 0.29) is 5.69 Å². The number of aromatic nitrogens is 2. The van der Waals surface area contributed by atoms with Crippen LogP contribution in [-0.2, 0) is 4.74 Å². The van der Waals surface area contributed by atoms with Gasteiger partial charge >= 0.3 is 5.97 Å². The first-order chi connectivity index (χ1) is 11.3. The van der Waals surface area contributed by atoms with Crippen LogP contribution in [0.5, 0.6) is 0 Å². The van der Waals surface area contributed by atoms with Crippen molar-refractivity contribution in [2.24, 2.45) is 0 Å². The molecule has 1 aromatic heterocycles. The normalized spacial score (nSPS) is 10.7. The van der Waals surface area contributed by atoms with Gasteiger partial charge in [-0.05, 0) is 18.6 Å². The van der Waals surface area contributed by atoms with E-state index in [0.717, 1.165) is 23.9 Å². The third-order valence-electron chi connectivity index (χ3n) is 3.54. The van der Waals surface area contributed by atoms with E-state index in [1.807, 2.05) is 54.6 Å². The highest BCUT2D eigenvalue weighted by atomic mass is 16.5. The molecule has 116 valence electrons. The number of hydrogen-bond donors (Lipinski definition) is 0. The van der Waals surface area contributed by atoms with Gasteiger partial charge in [-0.1, -0.05) is 55.8 Å². The minimum atomic E-state index is -0.421. The second-order valence-electron chi connectivity index (χ2n) is 5.27. The number of fused-ring (bicyclic) bond motifs is 1. The SMILES string of the molecule is CCCCOC(=O)c1nc2ccccc2nc1-c1ccccc1. The number of nitrogens with zero attached hydrogens (tertiary/aromatic N) is 2. The van der Waals surface area contributed by atoms with Crippen molar-refractivity contribution in [1.82, 2.24) is 9.97 Å². The Morgan fingerprint density at radius 3 is 2.30 bits per heavy atom. The van der Waals surface area contributed by atoms with Crippen molar-refractivity contribution in [2.75, 3.05) is 6.61 Å². The van der Waals surface area contributed by atoms with E-state index in [1.54, 1.807) is 0 Å². The molecule has 0 bridgehead atoms. The predicted molar refractivity (Wildman–Crippen MR) is 90.2 cm³/mol. The Bertz CT molecular complexity index is 816. The summed E-state index contributed by atoms with van der Waals surface area (Å²) < 4.78 is 5.34. The van der Waals surface area contributed by atoms with Gasteiger partial charge in [-0.3, -0.25) is 0 Å². The summed E-state index contributed by atoms with van der Waals surface area (Å²) in [5.41, 5.74) is 3.14. The molecule has 2 aromatic carbocycles. The standard InChI is InChI=1S/C19H18N2O2/c1-2-3-13-23-19(22)18-17(14-9-5-4-6-10-14)20-15-11-7-8-12-16(15)21-18/h4-12H,2-3,13H2,1H3. The Morgan fingerprint density at radius 2 is 1.61 bits per heavy atom. The Morgan fingerprint density at radius 1 is 0.957 bits per heavy atom. The van der Waals surface area contributed by atoms with E-state index in [1.165, 1.54) is 0 Å². The lowest BCUT2D eigenvalue weighted by molar-refractivity contribution is 0.0494. The molecular formula is C19H18N2O2. The molecule has 0 aliphatic rings. The van der Waals surface area contributed by atoms with E-state index < -0.39 is 5.97 Å². The first-order valence-electron chi connectivity index (χ1n) is 7.79. The molecule has 0 spiro atoms. The van der Waals surface area contributed by atoms with Crippen molar-refractivity contribution in [3.05, 3.63) is 60.3 Å². The fraction of sp³-hybridized carbons (Fsp3) is 0.211. The molecule has 3 rings (SSSR count). The molecule has 0 aliphatic heterocycles. The van der Waals surface area contributed by atoms with Gasteiger partial charge in [0.1, 0.15) is 5.69 Å². The van der Waals surface area contributed by atoms with Gasteiger partial charge in [0.15, 0.2) is 5.69 Å². The van der Waals surface area contributed by atoms with E-state index in [2.05, 4.69) is 16.9 Å². The summed E-state index contributed by atoms with van der Waals surface area (Å²) in [5.74, 6) is -0.421. The van der Waals surface area contributed by atoms with Gasteiger partial charge in [-0.25, -0.2) is 14.8 Å². The highest BCUT2D eigenvalue weighted by Gasteiger charge is 2.19. The summed E-state index contributed by atoms with van der Waals surface area (Å²) in [4.78, 5) is 21.6. The van der Waals surface area contributed by atoms with Crippen LogP contribution in [0.3, 0.4) is 0 Å². The number of hydrogen-bond acceptors (Lipinski definition) is 4. The molecule has 1 heterocycles. The minimum absolute atomic E-state index is 0.269. The zero-order chi connectivity index (χ0) is 16.1. The maximum atomic E-state index is 12.4. The molecular weight excluding hydrogens is 288 g/mol. The molecule has 0 saturated carbocycles. The summed E-state index contributed by atoms with van der Waals surface area (Å²) in [6.07, 6.45) is 1.82. The number of unbranched alkanes of at least 4 members (excludes halogenated alkanes) is 1. The van der Waals surface area contributed by atoms with Crippen molar-refractivity contribution in [3.8, 4) is 11.3 Å². The quantitative estimate of drug-likeness (QED) is 0.522. The van der Waals surface area contributed by atoms with Crippen LogP contribution in [0.15, 0.2) is 54.6 Å². The Hall–Kier alpha value is -2.75. The van der Waals surface area contributed by atoms with Crippen LogP contribution in [0.1, 0.15) is 30.3 Å². The van der Waals surface area contributed by atoms with Crippen molar-refractivity contribution in [1.29, 1.82) is 0 Å². The van der Waals surface area contributed by atoms with Gasteiger partial charge in [-0.15, -0.1) is 0 Å². The fourth-order valence-electron chi connectivity index (χ4n) is 2.32. The van der Waals surface area contributed by atoms with Crippen molar-refractivity contribution in [2.45, 2.75) is 19.8 Å². The molecule has 0 unspecified atom stereocenters. The molecule has 0 aliphatic carbocycles. The summed E-state index contributed by atoms with van der Waals surface area (Å²) in [6, 6.07) is 17.1. The van der Waals surface area contributed by atoms with Crippen LogP contribution < -0.4 is 0 Å². The predicted octanol–water partition coefficient (Wildman–Crippen LogP) is 4.25. The summed E-state index contributed by atoms with van der Waals surface area (Å²) in [6.45, 7) is 2.46. The highest BCUT2D eigenvalue weighted by Crippen LogP contribution is 2.23. The molecule has 4 heteroatoms. The smallest absolute Gasteiger partial charge is 0.359 e. The van der Waals surface area contributed by atoms with Crippen molar-refractivity contribution >= 4 is 17.0 Å². The molecule has 0 amide bonds. The number of rotatable bonds is 5. The second-order valence-corrected chi connectivity index (χ2v) is 5.27. The van der Waals surface area contributed by atoms with Gasteiger partial charge in [0.05, 0.1) is 17.6 Å². The molecule has 0 N–H and O–H groups in total. The second kappa shape index (κ2) is 7.01. The topological polar surface area (TPSA) is 52.1 Å². The zero-order valence-electron chi connectivity index (χ0n) is 13.0. The van der Waals surface area contributed by atoms with Crippen LogP contribution >= 0.6 is 0 Å². The minimum Gasteiger partial charge on any atom is -0.461 e. The van der Waals surface area contributed by atoms with Gasteiger partial charge in [-0.2, -0.15) is 0 Å². The van der Waals surface area contributed by atoms with Crippen LogP contribution in [-0.4, -0.2) is 22.5 Å². The molecule has 0 fully saturated rings. The Balaban J connectivity index is 2.08. The number of ether oxygens (including phenoxy) is 1. The van der Waals surface area contributed by atoms with Crippen LogP contribution in [0.2, 0.25) is 0 Å². The maximum Gasteiger partial charge on any atom is 0.359 e. The van der Waals surface area contributed by atoms with E-state index in [9.17, 15) is 4.79 Å². The Labute approximate surface area is 135 Å². The van der Waals surface area contributed by atoms with Crippen LogP contribution in [0, 0.1) is 0 Å². The average molecular weight is 306 g/mol. The van der Waals surface area contributed by atoms with Gasteiger partial charge in [0, 0.05) is 5.56 Å². The van der Waals surface area contributed by atoms with Gasteiger partial charge in [0.25, 0.3) is 0 Å². The molecule has 0 saturated heterocycles. The number of esters is 1. The highest BCUT2D eigenvalue weighted by molar-refractivity contribution is 5.96. The summed E-state index contributed by atoms with van der Waals surface area (Å²) in [5, 5.41) is 0. The average Bonchev–Trinajstić information content (AvgIpc) is 2.61. The number of carbonyl (C=O) groups excluding carboxylic acids is 1. The lowest BCUT2D eigenvalue weighted by atomic mass is 10.1. The van der Waals surface area contributed by atoms with Crippen LogP contribution in [0.25, 0.3) is 22.3 Å². The lowest BCUT2D eigenvalue weighted by Gasteiger charge is -2.10. The van der Waals surface area contributed by atoms with Gasteiger partial charge in [0.2, 0.25) is 0 Å². The molecule has 0 atom stereocenters. The number of carbonyl (C=O) groups is 1. The monoisotopic (exact) mass is 306 g/mol. The number of para-hydroxylation sites is 2. The van der Waals surface area contributed by atoms with Crippen molar-refractivity contribution < 1.29 is 9.53 Å². The zero-order valence-corrected chi connectivity index (χ0v) is 13.0. The molecule has 23 heavy (non-hydrogen) atoms. The van der Waals surface area contributed by atoms with E-state index in [0.29, 0.717) is 17.8 Å². The fourth-order valence-corrected chi connectivity index (χ4v) is 2.32. The first-order valence-corrected chi connectivity index (χ1v) is 7.79. The first kappa shape index (κ1) is 15.2. The van der Waals surface area contributed by atoms with E-state index >= 15 is 0 Å². The van der Waals surface area contributed by atoms with Gasteiger partial charge < -0.3 is 4.74 Å². The largest absolute Gasteiger partial charge is 0.461 e. The van der Waals surface area contributed by atoms with Crippen LogP contribution in [0.4, 0.5) is 0 Å². The third kappa shape index (κ3) is 3.37. The number of benzene rings is 2. The third-order valence-corrected chi connectivity index (χ3v) is 3.54. The van der Waals surface area contributed by atoms with Crippen molar-refractivity contribution in [3.63, 3.8) is 0 Å². The van der Waals surface area contributed by atoms with E-state index in [4.69, 9.17) is 4.74 Å². The summed E-state index contributed by atoms with van der Waals surface area (Å²) >= 11 is 0. The molecule has 3 aromatic rings. The Kier molecular flexibility index (Phi) is 4.62. The molecule has 4 nitrogen and oxygen atoms in total. The molecule has 0 radical (unpaired) electrons. The maximum absolute atomic E-state index is 12.4.